The Hall–Kier alpha value is -2.82. The third-order valence-corrected chi connectivity index (χ3v) is 4.84. The average molecular weight is 337 g/mol. The monoisotopic (exact) mass is 337 g/mol. The van der Waals surface area contributed by atoms with Crippen LogP contribution in [0.4, 0.5) is 10.5 Å². The van der Waals surface area contributed by atoms with E-state index in [0.29, 0.717) is 17.2 Å². The van der Waals surface area contributed by atoms with Crippen LogP contribution in [-0.4, -0.2) is 11.9 Å². The number of hydrogen-bond acceptors (Lipinski definition) is 2. The Morgan fingerprint density at radius 2 is 1.84 bits per heavy atom. The van der Waals surface area contributed by atoms with Gasteiger partial charge in [-0.3, -0.25) is 4.79 Å². The minimum absolute atomic E-state index is 0.00502. The lowest BCUT2D eigenvalue weighted by Gasteiger charge is -2.34. The number of anilines is 1. The van der Waals surface area contributed by atoms with Gasteiger partial charge in [-0.25, -0.2) is 4.79 Å². The molecule has 0 spiro atoms. The minimum Gasteiger partial charge on any atom is -0.366 e. The molecule has 2 aromatic rings. The maximum Gasteiger partial charge on any atom is 0.319 e. The molecule has 130 valence electrons. The summed E-state index contributed by atoms with van der Waals surface area (Å²) >= 11 is 0. The fourth-order valence-electron chi connectivity index (χ4n) is 3.12. The van der Waals surface area contributed by atoms with Crippen LogP contribution in [0.5, 0.6) is 0 Å². The number of rotatable bonds is 5. The second-order valence-corrected chi connectivity index (χ2v) is 6.57. The summed E-state index contributed by atoms with van der Waals surface area (Å²) in [5, 5.41) is 5.94. The van der Waals surface area contributed by atoms with Gasteiger partial charge in [0.1, 0.15) is 0 Å². The van der Waals surface area contributed by atoms with E-state index in [9.17, 15) is 9.59 Å². The molecule has 2 aromatic carbocycles. The summed E-state index contributed by atoms with van der Waals surface area (Å²) in [6.07, 6.45) is 3.45. The Morgan fingerprint density at radius 3 is 2.44 bits per heavy atom. The summed E-state index contributed by atoms with van der Waals surface area (Å²) in [5.74, 6) is -0.0497. The zero-order chi connectivity index (χ0) is 17.8. The molecule has 3 rings (SSSR count). The van der Waals surface area contributed by atoms with Crippen molar-refractivity contribution in [3.05, 3.63) is 65.2 Å². The van der Waals surface area contributed by atoms with E-state index in [-0.39, 0.29) is 12.1 Å². The van der Waals surface area contributed by atoms with Crippen LogP contribution in [0.3, 0.4) is 0 Å². The summed E-state index contributed by atoms with van der Waals surface area (Å²) in [7, 11) is 0. The van der Waals surface area contributed by atoms with Crippen molar-refractivity contribution in [1.29, 1.82) is 0 Å². The largest absolute Gasteiger partial charge is 0.366 e. The van der Waals surface area contributed by atoms with Crippen molar-refractivity contribution < 1.29 is 9.59 Å². The van der Waals surface area contributed by atoms with Gasteiger partial charge in [-0.15, -0.1) is 0 Å². The van der Waals surface area contributed by atoms with Gasteiger partial charge in [-0.05, 0) is 48.9 Å². The second kappa shape index (κ2) is 7.38. The molecular formula is C20H23N3O2. The lowest BCUT2D eigenvalue weighted by atomic mass is 9.77. The van der Waals surface area contributed by atoms with Crippen molar-refractivity contribution in [3.63, 3.8) is 0 Å². The van der Waals surface area contributed by atoms with Gasteiger partial charge in [0.05, 0.1) is 6.04 Å². The molecule has 25 heavy (non-hydrogen) atoms. The van der Waals surface area contributed by atoms with E-state index >= 15 is 0 Å². The van der Waals surface area contributed by atoms with Crippen LogP contribution in [0.1, 0.15) is 46.8 Å². The zero-order valence-electron chi connectivity index (χ0n) is 14.3. The number of primary amides is 1. The van der Waals surface area contributed by atoms with Crippen LogP contribution in [0.2, 0.25) is 0 Å². The van der Waals surface area contributed by atoms with Crippen molar-refractivity contribution in [2.75, 3.05) is 5.32 Å². The minimum atomic E-state index is -0.514. The molecule has 3 amide bonds. The molecule has 1 aliphatic rings. The van der Waals surface area contributed by atoms with Crippen LogP contribution in [0.15, 0.2) is 48.5 Å². The van der Waals surface area contributed by atoms with E-state index in [4.69, 9.17) is 5.73 Å². The molecule has 1 fully saturated rings. The molecule has 1 saturated carbocycles. The molecular weight excluding hydrogens is 314 g/mol. The number of urea groups is 1. The van der Waals surface area contributed by atoms with E-state index in [2.05, 4.69) is 10.6 Å². The van der Waals surface area contributed by atoms with E-state index < -0.39 is 5.91 Å². The summed E-state index contributed by atoms with van der Waals surface area (Å²) in [6.45, 7) is 1.88. The zero-order valence-corrected chi connectivity index (χ0v) is 14.3. The number of nitrogens with two attached hydrogens (primary N) is 1. The summed E-state index contributed by atoms with van der Waals surface area (Å²) in [4.78, 5) is 23.9. The van der Waals surface area contributed by atoms with E-state index in [1.54, 1.807) is 18.2 Å². The fraction of sp³-hybridized carbons (Fsp3) is 0.300. The first kappa shape index (κ1) is 17.0. The van der Waals surface area contributed by atoms with Crippen LogP contribution in [-0.2, 0) is 0 Å². The first-order valence-corrected chi connectivity index (χ1v) is 8.57. The van der Waals surface area contributed by atoms with E-state index in [1.165, 1.54) is 6.42 Å². The van der Waals surface area contributed by atoms with Crippen molar-refractivity contribution in [3.8, 4) is 0 Å². The van der Waals surface area contributed by atoms with Crippen LogP contribution >= 0.6 is 0 Å². The smallest absolute Gasteiger partial charge is 0.319 e. The van der Waals surface area contributed by atoms with Gasteiger partial charge in [0.2, 0.25) is 5.91 Å². The van der Waals surface area contributed by atoms with Crippen molar-refractivity contribution in [2.24, 2.45) is 11.7 Å². The number of hydrogen-bond donors (Lipinski definition) is 3. The lowest BCUT2D eigenvalue weighted by Crippen LogP contribution is -2.38. The highest BCUT2D eigenvalue weighted by Crippen LogP contribution is 2.37. The number of amides is 3. The second-order valence-electron chi connectivity index (χ2n) is 6.57. The predicted molar refractivity (Wildman–Crippen MR) is 98.4 cm³/mol. The van der Waals surface area contributed by atoms with Crippen molar-refractivity contribution in [2.45, 2.75) is 32.2 Å². The number of carbonyl (C=O) groups excluding carboxylic acids is 2. The standard InChI is InChI=1S/C20H23N3O2/c1-13-10-11-16(19(21)24)12-17(13)22-20(25)23-18(15-8-5-9-15)14-6-3-2-4-7-14/h2-4,6-7,10-12,15,18H,5,8-9H2,1H3,(H2,21,24)(H2,22,23,25)/t18-/m0/s1. The summed E-state index contributed by atoms with van der Waals surface area (Å²) in [6, 6.07) is 14.8. The third kappa shape index (κ3) is 3.99. The van der Waals surface area contributed by atoms with Crippen LogP contribution < -0.4 is 16.4 Å². The van der Waals surface area contributed by atoms with Crippen molar-refractivity contribution in [1.82, 2.24) is 5.32 Å². The summed E-state index contributed by atoms with van der Waals surface area (Å²) in [5.41, 5.74) is 8.28. The molecule has 5 heteroatoms. The van der Waals surface area contributed by atoms with Gasteiger partial charge in [0.25, 0.3) is 0 Å². The number of benzene rings is 2. The number of nitrogens with one attached hydrogen (secondary N) is 2. The molecule has 1 atom stereocenters. The molecule has 4 N–H and O–H groups in total. The maximum absolute atomic E-state index is 12.5. The predicted octanol–water partition coefficient (Wildman–Crippen LogP) is 3.76. The SMILES string of the molecule is Cc1ccc(C(N)=O)cc1NC(=O)N[C@@H](c1ccccc1)C1CCC1. The van der Waals surface area contributed by atoms with Gasteiger partial charge in [0, 0.05) is 11.3 Å². The highest BCUT2D eigenvalue weighted by molar-refractivity contribution is 5.96. The molecule has 0 aromatic heterocycles. The number of carbonyl (C=O) groups is 2. The molecule has 0 aliphatic heterocycles. The molecule has 0 radical (unpaired) electrons. The van der Waals surface area contributed by atoms with Gasteiger partial charge >= 0.3 is 6.03 Å². The molecule has 0 unspecified atom stereocenters. The fourth-order valence-corrected chi connectivity index (χ4v) is 3.12. The highest BCUT2D eigenvalue weighted by Gasteiger charge is 2.29. The molecule has 0 heterocycles. The topological polar surface area (TPSA) is 84.2 Å². The van der Waals surface area contributed by atoms with Gasteiger partial charge in [0.15, 0.2) is 0 Å². The Balaban J connectivity index is 1.74. The first-order valence-electron chi connectivity index (χ1n) is 8.57. The van der Waals surface area contributed by atoms with Gasteiger partial charge in [-0.2, -0.15) is 0 Å². The molecule has 0 bridgehead atoms. The lowest BCUT2D eigenvalue weighted by molar-refractivity contribution is 0.1000. The van der Waals surface area contributed by atoms with E-state index in [1.807, 2.05) is 37.3 Å². The Labute approximate surface area is 147 Å². The van der Waals surface area contributed by atoms with E-state index in [0.717, 1.165) is 24.0 Å². The molecule has 0 saturated heterocycles. The normalized spacial score (nSPS) is 15.1. The van der Waals surface area contributed by atoms with Crippen LogP contribution in [0, 0.1) is 12.8 Å². The first-order chi connectivity index (χ1) is 12.0. The Bertz CT molecular complexity index is 770. The summed E-state index contributed by atoms with van der Waals surface area (Å²) < 4.78 is 0. The quantitative estimate of drug-likeness (QED) is 0.776. The maximum atomic E-state index is 12.5. The molecule has 5 nitrogen and oxygen atoms in total. The average Bonchev–Trinajstić information content (AvgIpc) is 2.55. The number of aryl methyl sites for hydroxylation is 1. The molecule has 1 aliphatic carbocycles. The van der Waals surface area contributed by atoms with Gasteiger partial charge in [-0.1, -0.05) is 42.8 Å². The third-order valence-electron chi connectivity index (χ3n) is 4.84. The Morgan fingerprint density at radius 1 is 1.12 bits per heavy atom. The van der Waals surface area contributed by atoms with Crippen LogP contribution in [0.25, 0.3) is 0 Å². The van der Waals surface area contributed by atoms with Crippen molar-refractivity contribution >= 4 is 17.6 Å². The van der Waals surface area contributed by atoms with Gasteiger partial charge < -0.3 is 16.4 Å². The Kier molecular flexibility index (Phi) is 5.03. The highest BCUT2D eigenvalue weighted by atomic mass is 16.2.